The van der Waals surface area contributed by atoms with Crippen molar-refractivity contribution in [1.82, 2.24) is 0 Å². The average Bonchev–Trinajstić information content (AvgIpc) is 2.59. The van der Waals surface area contributed by atoms with Gasteiger partial charge in [0.15, 0.2) is 0 Å². The molecule has 1 aliphatic rings. The van der Waals surface area contributed by atoms with E-state index in [1.54, 1.807) is 0 Å². The van der Waals surface area contributed by atoms with Gasteiger partial charge in [-0.3, -0.25) is 0 Å². The number of benzene rings is 2. The van der Waals surface area contributed by atoms with Crippen molar-refractivity contribution in [2.24, 2.45) is 0 Å². The highest BCUT2D eigenvalue weighted by atomic mass is 35.5. The largest absolute Gasteiger partial charge is 0.367 e. The normalized spacial score (nSPS) is 18.6. The van der Waals surface area contributed by atoms with Crippen LogP contribution in [-0.2, 0) is 6.54 Å². The number of halogens is 1. The molecule has 20 heavy (non-hydrogen) atoms. The number of nitrogens with zero attached hydrogens (tertiary/aromatic N) is 1. The van der Waals surface area contributed by atoms with E-state index in [0.717, 1.165) is 18.1 Å². The third-order valence-corrected chi connectivity index (χ3v) is 4.46. The summed E-state index contributed by atoms with van der Waals surface area (Å²) in [6, 6.07) is 15.1. The van der Waals surface area contributed by atoms with E-state index in [9.17, 15) is 0 Å². The zero-order valence-electron chi connectivity index (χ0n) is 12.1. The van der Waals surface area contributed by atoms with Crippen LogP contribution in [0.2, 0.25) is 5.02 Å². The first-order chi connectivity index (χ1) is 9.63. The molecule has 2 heteroatoms. The summed E-state index contributed by atoms with van der Waals surface area (Å²) in [5, 5.41) is 0.835. The summed E-state index contributed by atoms with van der Waals surface area (Å²) in [4.78, 5) is 2.46. The Morgan fingerprint density at radius 3 is 2.60 bits per heavy atom. The molecule has 3 rings (SSSR count). The molecule has 0 spiro atoms. The molecular weight excluding hydrogens is 266 g/mol. The minimum absolute atomic E-state index is 0.595. The standard InChI is InChI=1S/C18H20ClN/c1-13-3-6-17(7-4-13)20-10-9-14(2)18-8-5-16(19)11-15(18)12-20/h3-8,11,14H,9-10,12H2,1-2H3. The third kappa shape index (κ3) is 2.69. The molecule has 104 valence electrons. The van der Waals surface area contributed by atoms with E-state index in [4.69, 9.17) is 11.6 Å². The third-order valence-electron chi connectivity index (χ3n) is 4.23. The van der Waals surface area contributed by atoms with Gasteiger partial charge in [-0.15, -0.1) is 0 Å². The second-order valence-electron chi connectivity index (χ2n) is 5.79. The fourth-order valence-corrected chi connectivity index (χ4v) is 3.15. The molecule has 1 heterocycles. The second-order valence-corrected chi connectivity index (χ2v) is 6.23. The van der Waals surface area contributed by atoms with Crippen LogP contribution in [0.3, 0.4) is 0 Å². The summed E-state index contributed by atoms with van der Waals surface area (Å²) in [6.07, 6.45) is 1.18. The molecular formula is C18H20ClN. The lowest BCUT2D eigenvalue weighted by Crippen LogP contribution is -2.22. The van der Waals surface area contributed by atoms with Gasteiger partial charge >= 0.3 is 0 Å². The van der Waals surface area contributed by atoms with Crippen LogP contribution >= 0.6 is 11.6 Å². The summed E-state index contributed by atoms with van der Waals surface area (Å²) in [5.41, 5.74) is 5.42. The predicted molar refractivity (Wildman–Crippen MR) is 86.7 cm³/mol. The average molecular weight is 286 g/mol. The Kier molecular flexibility index (Phi) is 3.71. The number of hydrogen-bond donors (Lipinski definition) is 0. The molecule has 1 aliphatic heterocycles. The van der Waals surface area contributed by atoms with E-state index in [1.165, 1.54) is 28.8 Å². The number of fused-ring (bicyclic) bond motifs is 1. The van der Waals surface area contributed by atoms with E-state index in [0.29, 0.717) is 5.92 Å². The maximum atomic E-state index is 6.17. The van der Waals surface area contributed by atoms with Crippen LogP contribution in [0.25, 0.3) is 0 Å². The monoisotopic (exact) mass is 285 g/mol. The summed E-state index contributed by atoms with van der Waals surface area (Å²) < 4.78 is 0. The van der Waals surface area contributed by atoms with Crippen molar-refractivity contribution in [1.29, 1.82) is 0 Å². The van der Waals surface area contributed by atoms with Gasteiger partial charge in [0.05, 0.1) is 0 Å². The Morgan fingerprint density at radius 1 is 1.10 bits per heavy atom. The van der Waals surface area contributed by atoms with Gasteiger partial charge in [0.25, 0.3) is 0 Å². The first-order valence-corrected chi connectivity index (χ1v) is 7.61. The molecule has 0 saturated carbocycles. The molecule has 0 aromatic heterocycles. The van der Waals surface area contributed by atoms with Crippen molar-refractivity contribution in [3.05, 3.63) is 64.2 Å². The van der Waals surface area contributed by atoms with Crippen LogP contribution in [0, 0.1) is 6.92 Å². The Balaban J connectivity index is 1.95. The fraction of sp³-hybridized carbons (Fsp3) is 0.333. The molecule has 1 unspecified atom stereocenters. The lowest BCUT2D eigenvalue weighted by molar-refractivity contribution is 0.678. The van der Waals surface area contributed by atoms with E-state index >= 15 is 0 Å². The van der Waals surface area contributed by atoms with Crippen molar-refractivity contribution in [2.75, 3.05) is 11.4 Å². The smallest absolute Gasteiger partial charge is 0.0432 e. The summed E-state index contributed by atoms with van der Waals surface area (Å²) in [7, 11) is 0. The topological polar surface area (TPSA) is 3.24 Å². The van der Waals surface area contributed by atoms with E-state index in [1.807, 2.05) is 6.07 Å². The lowest BCUT2D eigenvalue weighted by atomic mass is 9.95. The highest BCUT2D eigenvalue weighted by Gasteiger charge is 2.19. The molecule has 2 aromatic carbocycles. The van der Waals surface area contributed by atoms with Crippen molar-refractivity contribution < 1.29 is 0 Å². The number of hydrogen-bond acceptors (Lipinski definition) is 1. The summed E-state index contributed by atoms with van der Waals surface area (Å²) >= 11 is 6.17. The van der Waals surface area contributed by atoms with Gasteiger partial charge in [-0.05, 0) is 54.7 Å². The van der Waals surface area contributed by atoms with Crippen molar-refractivity contribution in [3.8, 4) is 0 Å². The SMILES string of the molecule is Cc1ccc(N2CCC(C)c3ccc(Cl)cc3C2)cc1. The molecule has 0 aliphatic carbocycles. The predicted octanol–water partition coefficient (Wildman–Crippen LogP) is 5.16. The van der Waals surface area contributed by atoms with Gasteiger partial charge in [-0.1, -0.05) is 42.3 Å². The van der Waals surface area contributed by atoms with Gasteiger partial charge in [0, 0.05) is 23.8 Å². The first kappa shape index (κ1) is 13.5. The van der Waals surface area contributed by atoms with Crippen molar-refractivity contribution >= 4 is 17.3 Å². The van der Waals surface area contributed by atoms with Crippen LogP contribution in [0.4, 0.5) is 5.69 Å². The van der Waals surface area contributed by atoms with Crippen LogP contribution < -0.4 is 4.90 Å². The highest BCUT2D eigenvalue weighted by molar-refractivity contribution is 6.30. The van der Waals surface area contributed by atoms with E-state index in [2.05, 4.69) is 55.1 Å². The first-order valence-electron chi connectivity index (χ1n) is 7.23. The number of rotatable bonds is 1. The molecule has 0 amide bonds. The number of aryl methyl sites for hydroxylation is 1. The zero-order valence-corrected chi connectivity index (χ0v) is 12.8. The Labute approximate surface area is 126 Å². The van der Waals surface area contributed by atoms with Gasteiger partial charge in [-0.2, -0.15) is 0 Å². The summed E-state index contributed by atoms with van der Waals surface area (Å²) in [5.74, 6) is 0.595. The van der Waals surface area contributed by atoms with Gasteiger partial charge in [-0.25, -0.2) is 0 Å². The quantitative estimate of drug-likeness (QED) is 0.699. The fourth-order valence-electron chi connectivity index (χ4n) is 2.96. The van der Waals surface area contributed by atoms with Crippen LogP contribution in [0.1, 0.15) is 36.0 Å². The lowest BCUT2D eigenvalue weighted by Gasteiger charge is -2.23. The van der Waals surface area contributed by atoms with E-state index in [-0.39, 0.29) is 0 Å². The minimum Gasteiger partial charge on any atom is -0.367 e. The van der Waals surface area contributed by atoms with Crippen LogP contribution in [0.15, 0.2) is 42.5 Å². The molecule has 0 radical (unpaired) electrons. The molecule has 0 bridgehead atoms. The Hall–Kier alpha value is -1.47. The van der Waals surface area contributed by atoms with E-state index < -0.39 is 0 Å². The molecule has 1 atom stereocenters. The van der Waals surface area contributed by atoms with Crippen LogP contribution in [0.5, 0.6) is 0 Å². The molecule has 1 nitrogen and oxygen atoms in total. The number of anilines is 1. The molecule has 0 fully saturated rings. The summed E-state index contributed by atoms with van der Waals surface area (Å²) in [6.45, 7) is 6.48. The van der Waals surface area contributed by atoms with Gasteiger partial charge < -0.3 is 4.90 Å². The Morgan fingerprint density at radius 2 is 1.85 bits per heavy atom. The maximum Gasteiger partial charge on any atom is 0.0432 e. The molecule has 0 saturated heterocycles. The second kappa shape index (κ2) is 5.49. The van der Waals surface area contributed by atoms with Gasteiger partial charge in [0.2, 0.25) is 0 Å². The molecule has 2 aromatic rings. The van der Waals surface area contributed by atoms with Gasteiger partial charge in [0.1, 0.15) is 0 Å². The van der Waals surface area contributed by atoms with Crippen molar-refractivity contribution in [2.45, 2.75) is 32.7 Å². The maximum absolute atomic E-state index is 6.17. The highest BCUT2D eigenvalue weighted by Crippen LogP contribution is 2.32. The molecule has 0 N–H and O–H groups in total. The Bertz CT molecular complexity index is 603. The minimum atomic E-state index is 0.595. The zero-order chi connectivity index (χ0) is 14.1. The van der Waals surface area contributed by atoms with Crippen LogP contribution in [-0.4, -0.2) is 6.54 Å². The van der Waals surface area contributed by atoms with Crippen molar-refractivity contribution in [3.63, 3.8) is 0 Å².